The first-order chi connectivity index (χ1) is 14.4. The third-order valence-corrected chi connectivity index (χ3v) is 5.88. The second kappa shape index (κ2) is 8.54. The van der Waals surface area contributed by atoms with Gasteiger partial charge in [0.05, 0.1) is 5.60 Å². The zero-order valence-corrected chi connectivity index (χ0v) is 17.5. The van der Waals surface area contributed by atoms with Gasteiger partial charge in [-0.25, -0.2) is 4.39 Å². The molecule has 0 aliphatic rings. The van der Waals surface area contributed by atoms with Crippen LogP contribution < -0.4 is 5.32 Å². The minimum atomic E-state index is -1.00. The van der Waals surface area contributed by atoms with Crippen LogP contribution in [0, 0.1) is 5.82 Å². The summed E-state index contributed by atoms with van der Waals surface area (Å²) in [5.41, 5.74) is 1.84. The third kappa shape index (κ3) is 4.53. The second-order valence-electron chi connectivity index (χ2n) is 8.40. The van der Waals surface area contributed by atoms with Gasteiger partial charge in [0.1, 0.15) is 5.82 Å². The first kappa shape index (κ1) is 20.5. The molecule has 0 saturated heterocycles. The number of halogens is 1. The fraction of sp³-hybridized carbons (Fsp3) is 0.320. The maximum Gasteiger partial charge on any atom is 0.123 e. The topological polar surface area (TPSA) is 60.9 Å². The van der Waals surface area contributed by atoms with Crippen LogP contribution >= 0.6 is 0 Å². The molecule has 2 aromatic carbocycles. The first-order valence-corrected chi connectivity index (χ1v) is 10.5. The summed E-state index contributed by atoms with van der Waals surface area (Å²) in [6.45, 7) is 4.78. The summed E-state index contributed by atoms with van der Waals surface area (Å²) in [5, 5.41) is 17.7. The number of nitrogens with one attached hydrogen (secondary N) is 2. The Balaban J connectivity index is 1.30. The second-order valence-corrected chi connectivity index (χ2v) is 8.40. The van der Waals surface area contributed by atoms with Crippen molar-refractivity contribution in [2.75, 3.05) is 0 Å². The largest absolute Gasteiger partial charge is 0.385 e. The molecule has 30 heavy (non-hydrogen) atoms. The lowest BCUT2D eigenvalue weighted by Crippen LogP contribution is -2.27. The Bertz CT molecular complexity index is 1150. The number of hydrogen-bond donors (Lipinski definition) is 3. The number of nitrogens with zero attached hydrogens (tertiary/aromatic N) is 1. The number of aliphatic hydroxyl groups is 1. The fourth-order valence-electron chi connectivity index (χ4n) is 4.06. The SMILES string of the molecule is C[C@H](CCCC(C)(O)c1c[nH]c2ccc(F)cc12)NCc1ccc2cnccc2c1. The van der Waals surface area contributed by atoms with Gasteiger partial charge in [0, 0.05) is 53.0 Å². The number of H-pyrrole nitrogens is 1. The van der Waals surface area contributed by atoms with Crippen molar-refractivity contribution in [1.29, 1.82) is 0 Å². The van der Waals surface area contributed by atoms with E-state index in [1.165, 1.54) is 23.1 Å². The van der Waals surface area contributed by atoms with E-state index in [0.29, 0.717) is 12.5 Å². The van der Waals surface area contributed by atoms with Gasteiger partial charge in [-0.3, -0.25) is 4.98 Å². The average molecular weight is 406 g/mol. The van der Waals surface area contributed by atoms with Crippen molar-refractivity contribution in [2.45, 2.75) is 51.3 Å². The lowest BCUT2D eigenvalue weighted by molar-refractivity contribution is 0.0458. The highest BCUT2D eigenvalue weighted by Crippen LogP contribution is 2.33. The van der Waals surface area contributed by atoms with E-state index in [4.69, 9.17) is 0 Å². The molecular weight excluding hydrogens is 377 g/mol. The molecular formula is C25H28FN3O. The first-order valence-electron chi connectivity index (χ1n) is 10.5. The highest BCUT2D eigenvalue weighted by Gasteiger charge is 2.26. The van der Waals surface area contributed by atoms with Crippen LogP contribution in [0.2, 0.25) is 0 Å². The Labute approximate surface area is 176 Å². The predicted octanol–water partition coefficient (Wildman–Crippen LogP) is 5.41. The molecule has 0 aliphatic heterocycles. The molecule has 3 N–H and O–H groups in total. The molecule has 1 unspecified atom stereocenters. The Morgan fingerprint density at radius 1 is 1.17 bits per heavy atom. The molecule has 156 valence electrons. The van der Waals surface area contributed by atoms with Gasteiger partial charge < -0.3 is 15.4 Å². The number of benzene rings is 2. The quantitative estimate of drug-likeness (QED) is 0.367. The molecule has 0 aliphatic carbocycles. The van der Waals surface area contributed by atoms with E-state index in [1.807, 2.05) is 25.4 Å². The van der Waals surface area contributed by atoms with E-state index < -0.39 is 5.60 Å². The smallest absolute Gasteiger partial charge is 0.123 e. The zero-order valence-electron chi connectivity index (χ0n) is 17.5. The summed E-state index contributed by atoms with van der Waals surface area (Å²) in [5.74, 6) is -0.290. The number of fused-ring (bicyclic) bond motifs is 2. The molecule has 0 radical (unpaired) electrons. The molecule has 2 heterocycles. The van der Waals surface area contributed by atoms with E-state index in [0.717, 1.165) is 41.2 Å². The summed E-state index contributed by atoms with van der Waals surface area (Å²) >= 11 is 0. The molecule has 0 spiro atoms. The molecule has 4 rings (SSSR count). The summed E-state index contributed by atoms with van der Waals surface area (Å²) in [6.07, 6.45) is 7.92. The molecule has 0 saturated carbocycles. The van der Waals surface area contributed by atoms with E-state index in [9.17, 15) is 9.50 Å². The lowest BCUT2D eigenvalue weighted by Gasteiger charge is -2.24. The molecule has 4 aromatic rings. The fourth-order valence-corrected chi connectivity index (χ4v) is 4.06. The van der Waals surface area contributed by atoms with Crippen molar-refractivity contribution in [3.63, 3.8) is 0 Å². The van der Waals surface area contributed by atoms with E-state index >= 15 is 0 Å². The van der Waals surface area contributed by atoms with Gasteiger partial charge in [-0.15, -0.1) is 0 Å². The maximum absolute atomic E-state index is 13.6. The Morgan fingerprint density at radius 2 is 2.03 bits per heavy atom. The van der Waals surface area contributed by atoms with Crippen molar-refractivity contribution in [3.05, 3.63) is 78.0 Å². The van der Waals surface area contributed by atoms with Crippen molar-refractivity contribution in [3.8, 4) is 0 Å². The van der Waals surface area contributed by atoms with Crippen LogP contribution in [0.4, 0.5) is 4.39 Å². The normalized spacial score (nSPS) is 14.8. The number of aromatic amines is 1. The van der Waals surface area contributed by atoms with Crippen LogP contribution in [-0.2, 0) is 12.1 Å². The molecule has 2 aromatic heterocycles. The van der Waals surface area contributed by atoms with Crippen LogP contribution in [0.15, 0.2) is 61.1 Å². The number of aromatic nitrogens is 2. The van der Waals surface area contributed by atoms with Gasteiger partial charge in [0.15, 0.2) is 0 Å². The minimum absolute atomic E-state index is 0.290. The van der Waals surface area contributed by atoms with Gasteiger partial charge in [-0.05, 0) is 74.4 Å². The lowest BCUT2D eigenvalue weighted by atomic mass is 9.89. The van der Waals surface area contributed by atoms with Crippen molar-refractivity contribution in [1.82, 2.24) is 15.3 Å². The van der Waals surface area contributed by atoms with Crippen molar-refractivity contribution >= 4 is 21.7 Å². The Kier molecular flexibility index (Phi) is 5.84. The van der Waals surface area contributed by atoms with Crippen LogP contribution in [-0.4, -0.2) is 21.1 Å². The van der Waals surface area contributed by atoms with Gasteiger partial charge in [0.25, 0.3) is 0 Å². The van der Waals surface area contributed by atoms with E-state index in [1.54, 1.807) is 12.3 Å². The Morgan fingerprint density at radius 3 is 2.90 bits per heavy atom. The number of rotatable bonds is 8. The number of hydrogen-bond acceptors (Lipinski definition) is 3. The third-order valence-electron chi connectivity index (χ3n) is 5.88. The molecule has 0 bridgehead atoms. The number of pyridine rings is 1. The van der Waals surface area contributed by atoms with Crippen molar-refractivity contribution < 1.29 is 9.50 Å². The summed E-state index contributed by atoms with van der Waals surface area (Å²) in [7, 11) is 0. The highest BCUT2D eigenvalue weighted by molar-refractivity contribution is 5.84. The minimum Gasteiger partial charge on any atom is -0.385 e. The zero-order chi connectivity index (χ0) is 21.1. The van der Waals surface area contributed by atoms with Gasteiger partial charge in [0.2, 0.25) is 0 Å². The maximum atomic E-state index is 13.6. The average Bonchev–Trinajstić information content (AvgIpc) is 3.16. The monoisotopic (exact) mass is 405 g/mol. The summed E-state index contributed by atoms with van der Waals surface area (Å²) < 4.78 is 13.6. The van der Waals surface area contributed by atoms with Crippen LogP contribution in [0.1, 0.15) is 44.2 Å². The van der Waals surface area contributed by atoms with Crippen LogP contribution in [0.3, 0.4) is 0 Å². The van der Waals surface area contributed by atoms with Gasteiger partial charge in [-0.2, -0.15) is 0 Å². The molecule has 5 heteroatoms. The van der Waals surface area contributed by atoms with E-state index in [-0.39, 0.29) is 5.82 Å². The molecule has 0 fully saturated rings. The van der Waals surface area contributed by atoms with Gasteiger partial charge >= 0.3 is 0 Å². The summed E-state index contributed by atoms with van der Waals surface area (Å²) in [4.78, 5) is 7.28. The van der Waals surface area contributed by atoms with Crippen LogP contribution in [0.25, 0.3) is 21.7 Å². The molecule has 0 amide bonds. The van der Waals surface area contributed by atoms with Crippen LogP contribution in [0.5, 0.6) is 0 Å². The Hall–Kier alpha value is -2.76. The van der Waals surface area contributed by atoms with Crippen molar-refractivity contribution in [2.24, 2.45) is 0 Å². The van der Waals surface area contributed by atoms with Gasteiger partial charge in [-0.1, -0.05) is 12.1 Å². The molecule has 2 atom stereocenters. The highest BCUT2D eigenvalue weighted by atomic mass is 19.1. The molecule has 4 nitrogen and oxygen atoms in total. The standard InChI is InChI=1S/C25H28FN3O/c1-17(28-14-18-5-6-20-15-27-11-9-19(20)12-18)4-3-10-25(2,30)23-16-29-24-8-7-21(26)13-22(23)24/h5-9,11-13,15-17,28-30H,3-4,10,14H2,1-2H3/t17-,25?/m1/s1. The predicted molar refractivity (Wildman–Crippen MR) is 120 cm³/mol. The van der Waals surface area contributed by atoms with E-state index in [2.05, 4.69) is 40.4 Å². The summed E-state index contributed by atoms with van der Waals surface area (Å²) in [6, 6.07) is 13.4.